The third-order valence-electron chi connectivity index (χ3n) is 3.76. The number of halogens is 1. The lowest BCUT2D eigenvalue weighted by Gasteiger charge is -2.35. The average Bonchev–Trinajstić information content (AvgIpc) is 2.93. The molecule has 0 spiro atoms. The Hall–Kier alpha value is -2.27. The predicted octanol–water partition coefficient (Wildman–Crippen LogP) is 2.55. The van der Waals surface area contributed by atoms with Crippen LogP contribution in [0.15, 0.2) is 41.0 Å². The molecule has 0 radical (unpaired) electrons. The maximum Gasteiger partial charge on any atom is 0.258 e. The summed E-state index contributed by atoms with van der Waals surface area (Å²) < 4.78 is 5.19. The molecule has 5 nitrogen and oxygen atoms in total. The van der Waals surface area contributed by atoms with Crippen LogP contribution in [0.3, 0.4) is 0 Å². The number of furan rings is 1. The van der Waals surface area contributed by atoms with Crippen LogP contribution in [0.5, 0.6) is 0 Å². The Morgan fingerprint density at radius 1 is 1.36 bits per heavy atom. The van der Waals surface area contributed by atoms with Gasteiger partial charge in [0.1, 0.15) is 11.8 Å². The van der Waals surface area contributed by atoms with Gasteiger partial charge in [0.15, 0.2) is 0 Å². The van der Waals surface area contributed by atoms with E-state index in [0.717, 1.165) is 0 Å². The number of piperazine rings is 1. The standard InChI is InChI=1S/C16H15ClN2O3/c1-10-11(6-9-22-10)16(21)19-8-7-18-15(20)14(19)12-4-2-3-5-13(12)17/h2-6,9,14H,7-8H2,1H3,(H,18,20). The van der Waals surface area contributed by atoms with Crippen molar-refractivity contribution in [3.63, 3.8) is 0 Å². The van der Waals surface area contributed by atoms with E-state index in [0.29, 0.717) is 35.0 Å². The lowest BCUT2D eigenvalue weighted by Crippen LogP contribution is -2.52. The van der Waals surface area contributed by atoms with E-state index in [9.17, 15) is 9.59 Å². The molecular weight excluding hydrogens is 304 g/mol. The van der Waals surface area contributed by atoms with Crippen LogP contribution >= 0.6 is 11.6 Å². The molecule has 2 amide bonds. The molecule has 0 bridgehead atoms. The van der Waals surface area contributed by atoms with Crippen molar-refractivity contribution >= 4 is 23.4 Å². The molecule has 1 fully saturated rings. The second kappa shape index (κ2) is 5.85. The highest BCUT2D eigenvalue weighted by Crippen LogP contribution is 2.30. The van der Waals surface area contributed by atoms with E-state index < -0.39 is 6.04 Å². The molecule has 1 aromatic carbocycles. The number of nitrogens with one attached hydrogen (secondary N) is 1. The minimum absolute atomic E-state index is 0.228. The molecular formula is C16H15ClN2O3. The number of benzene rings is 1. The number of nitrogens with zero attached hydrogens (tertiary/aromatic N) is 1. The van der Waals surface area contributed by atoms with Crippen molar-refractivity contribution in [3.8, 4) is 0 Å². The van der Waals surface area contributed by atoms with E-state index in [1.54, 1.807) is 37.3 Å². The summed E-state index contributed by atoms with van der Waals surface area (Å²) in [6, 6.07) is 7.95. The average molecular weight is 319 g/mol. The first kappa shape index (κ1) is 14.7. The van der Waals surface area contributed by atoms with Crippen LogP contribution in [0.2, 0.25) is 5.02 Å². The summed E-state index contributed by atoms with van der Waals surface area (Å²) in [6.45, 7) is 2.56. The van der Waals surface area contributed by atoms with Crippen molar-refractivity contribution in [2.24, 2.45) is 0 Å². The fourth-order valence-corrected chi connectivity index (χ4v) is 2.89. The first-order valence-electron chi connectivity index (χ1n) is 6.97. The predicted molar refractivity (Wildman–Crippen MR) is 81.7 cm³/mol. The third kappa shape index (κ3) is 2.48. The van der Waals surface area contributed by atoms with E-state index >= 15 is 0 Å². The van der Waals surface area contributed by atoms with Crippen molar-refractivity contribution in [1.82, 2.24) is 10.2 Å². The largest absolute Gasteiger partial charge is 0.469 e. The smallest absolute Gasteiger partial charge is 0.258 e. The molecule has 2 aromatic rings. The molecule has 3 rings (SSSR count). The van der Waals surface area contributed by atoms with Gasteiger partial charge in [-0.25, -0.2) is 0 Å². The van der Waals surface area contributed by atoms with Gasteiger partial charge in [0.25, 0.3) is 5.91 Å². The molecule has 1 aliphatic heterocycles. The Morgan fingerprint density at radius 2 is 2.14 bits per heavy atom. The van der Waals surface area contributed by atoms with Crippen LogP contribution < -0.4 is 5.32 Å². The topological polar surface area (TPSA) is 62.6 Å². The fraction of sp³-hybridized carbons (Fsp3) is 0.250. The summed E-state index contributed by atoms with van der Waals surface area (Å²) in [5.74, 6) is 0.0776. The van der Waals surface area contributed by atoms with Crippen LogP contribution in [-0.2, 0) is 4.79 Å². The normalized spacial score (nSPS) is 18.2. The molecule has 0 saturated carbocycles. The van der Waals surface area contributed by atoms with Crippen LogP contribution in [-0.4, -0.2) is 29.8 Å². The molecule has 1 aromatic heterocycles. The number of hydrogen-bond acceptors (Lipinski definition) is 3. The van der Waals surface area contributed by atoms with Gasteiger partial charge in [0.2, 0.25) is 5.91 Å². The highest BCUT2D eigenvalue weighted by Gasteiger charge is 2.36. The molecule has 2 heterocycles. The third-order valence-corrected chi connectivity index (χ3v) is 4.11. The summed E-state index contributed by atoms with van der Waals surface area (Å²) in [7, 11) is 0. The first-order chi connectivity index (χ1) is 10.6. The molecule has 6 heteroatoms. The SMILES string of the molecule is Cc1occc1C(=O)N1CCNC(=O)C1c1ccccc1Cl. The molecule has 114 valence electrons. The Kier molecular flexibility index (Phi) is 3.90. The van der Waals surface area contributed by atoms with Gasteiger partial charge in [-0.1, -0.05) is 29.8 Å². The summed E-state index contributed by atoms with van der Waals surface area (Å²) in [4.78, 5) is 26.6. The van der Waals surface area contributed by atoms with Crippen molar-refractivity contribution in [2.75, 3.05) is 13.1 Å². The van der Waals surface area contributed by atoms with Crippen molar-refractivity contribution in [2.45, 2.75) is 13.0 Å². The molecule has 22 heavy (non-hydrogen) atoms. The van der Waals surface area contributed by atoms with E-state index in [1.807, 2.05) is 0 Å². The molecule has 1 saturated heterocycles. The molecule has 1 N–H and O–H groups in total. The fourth-order valence-electron chi connectivity index (χ4n) is 2.65. The minimum Gasteiger partial charge on any atom is -0.469 e. The second-order valence-corrected chi connectivity index (χ2v) is 5.51. The van der Waals surface area contributed by atoms with Crippen LogP contribution in [0.25, 0.3) is 0 Å². The van der Waals surface area contributed by atoms with E-state index in [2.05, 4.69) is 5.32 Å². The van der Waals surface area contributed by atoms with E-state index in [-0.39, 0.29) is 11.8 Å². The maximum absolute atomic E-state index is 12.8. The molecule has 1 unspecified atom stereocenters. The zero-order valence-electron chi connectivity index (χ0n) is 12.0. The van der Waals surface area contributed by atoms with Gasteiger partial charge < -0.3 is 14.6 Å². The van der Waals surface area contributed by atoms with Crippen LogP contribution in [0.1, 0.15) is 27.7 Å². The Balaban J connectivity index is 2.01. The van der Waals surface area contributed by atoms with Crippen molar-refractivity contribution in [1.29, 1.82) is 0 Å². The summed E-state index contributed by atoms with van der Waals surface area (Å²) in [5, 5.41) is 3.25. The number of hydrogen-bond donors (Lipinski definition) is 1. The summed E-state index contributed by atoms with van der Waals surface area (Å²) in [6.07, 6.45) is 1.47. The highest BCUT2D eigenvalue weighted by atomic mass is 35.5. The van der Waals surface area contributed by atoms with Gasteiger partial charge in [-0.3, -0.25) is 9.59 Å². The Morgan fingerprint density at radius 3 is 2.82 bits per heavy atom. The van der Waals surface area contributed by atoms with Gasteiger partial charge in [0, 0.05) is 23.7 Å². The molecule has 1 aliphatic rings. The van der Waals surface area contributed by atoms with Crippen LogP contribution in [0, 0.1) is 6.92 Å². The van der Waals surface area contributed by atoms with E-state index in [4.69, 9.17) is 16.0 Å². The number of rotatable bonds is 2. The number of carbonyl (C=O) groups is 2. The van der Waals surface area contributed by atoms with Crippen molar-refractivity contribution in [3.05, 3.63) is 58.5 Å². The van der Waals surface area contributed by atoms with Gasteiger partial charge in [-0.2, -0.15) is 0 Å². The zero-order valence-corrected chi connectivity index (χ0v) is 12.8. The second-order valence-electron chi connectivity index (χ2n) is 5.10. The summed E-state index contributed by atoms with van der Waals surface area (Å²) >= 11 is 6.21. The van der Waals surface area contributed by atoms with Crippen LogP contribution in [0.4, 0.5) is 0 Å². The highest BCUT2D eigenvalue weighted by molar-refractivity contribution is 6.31. The van der Waals surface area contributed by atoms with E-state index in [1.165, 1.54) is 11.2 Å². The first-order valence-corrected chi connectivity index (χ1v) is 7.34. The maximum atomic E-state index is 12.8. The molecule has 1 atom stereocenters. The quantitative estimate of drug-likeness (QED) is 0.925. The number of amides is 2. The Labute approximate surface area is 132 Å². The minimum atomic E-state index is -0.732. The number of aryl methyl sites for hydroxylation is 1. The number of carbonyl (C=O) groups excluding carboxylic acids is 2. The van der Waals surface area contributed by atoms with Gasteiger partial charge in [-0.05, 0) is 19.1 Å². The molecule has 0 aliphatic carbocycles. The van der Waals surface area contributed by atoms with Gasteiger partial charge >= 0.3 is 0 Å². The van der Waals surface area contributed by atoms with Gasteiger partial charge in [-0.15, -0.1) is 0 Å². The van der Waals surface area contributed by atoms with Crippen molar-refractivity contribution < 1.29 is 14.0 Å². The van der Waals surface area contributed by atoms with Gasteiger partial charge in [0.05, 0.1) is 11.8 Å². The Bertz CT molecular complexity index is 726. The lowest BCUT2D eigenvalue weighted by atomic mass is 10.0. The lowest BCUT2D eigenvalue weighted by molar-refractivity contribution is -0.128. The summed E-state index contributed by atoms with van der Waals surface area (Å²) in [5.41, 5.74) is 1.09. The monoisotopic (exact) mass is 318 g/mol. The zero-order chi connectivity index (χ0) is 15.7.